The molecule has 1 aromatic carbocycles. The summed E-state index contributed by atoms with van der Waals surface area (Å²) in [7, 11) is 0. The molecule has 118 valence electrons. The Labute approximate surface area is 137 Å². The van der Waals surface area contributed by atoms with Crippen molar-refractivity contribution in [2.75, 3.05) is 26.2 Å². The summed E-state index contributed by atoms with van der Waals surface area (Å²) < 4.78 is 6.73. The van der Waals surface area contributed by atoms with Crippen molar-refractivity contribution in [1.29, 1.82) is 0 Å². The van der Waals surface area contributed by atoms with Gasteiger partial charge in [-0.15, -0.1) is 0 Å². The topological polar surface area (TPSA) is 24.5 Å². The Kier molecular flexibility index (Phi) is 7.00. The Bertz CT molecular complexity index is 439. The lowest BCUT2D eigenvalue weighted by molar-refractivity contribution is 0.260. The highest BCUT2D eigenvalue weighted by molar-refractivity contribution is 9.10. The first kappa shape index (κ1) is 16.8. The molecule has 1 N–H and O–H groups in total. The average Bonchev–Trinajstić information content (AvgIpc) is 2.94. The van der Waals surface area contributed by atoms with Crippen LogP contribution in [0.2, 0.25) is 0 Å². The second-order valence-corrected chi connectivity index (χ2v) is 6.52. The van der Waals surface area contributed by atoms with Gasteiger partial charge in [-0.1, -0.05) is 19.9 Å². The number of likely N-dealkylation sites (tertiary alicyclic amines) is 1. The van der Waals surface area contributed by atoms with E-state index in [1.807, 2.05) is 0 Å². The van der Waals surface area contributed by atoms with Crippen molar-refractivity contribution in [3.05, 3.63) is 28.2 Å². The SMILES string of the molecule is CCCOc1ccc(CNC[C@@H]2CCCN2CC)cc1Br. The van der Waals surface area contributed by atoms with E-state index >= 15 is 0 Å². The van der Waals surface area contributed by atoms with Gasteiger partial charge in [0, 0.05) is 19.1 Å². The van der Waals surface area contributed by atoms with Crippen molar-refractivity contribution >= 4 is 15.9 Å². The van der Waals surface area contributed by atoms with E-state index < -0.39 is 0 Å². The minimum absolute atomic E-state index is 0.714. The van der Waals surface area contributed by atoms with Crippen molar-refractivity contribution in [1.82, 2.24) is 10.2 Å². The van der Waals surface area contributed by atoms with Crippen LogP contribution < -0.4 is 10.1 Å². The second kappa shape index (κ2) is 8.76. The van der Waals surface area contributed by atoms with Gasteiger partial charge in [-0.05, 0) is 66.0 Å². The maximum Gasteiger partial charge on any atom is 0.133 e. The van der Waals surface area contributed by atoms with E-state index in [0.717, 1.165) is 36.3 Å². The Morgan fingerprint density at radius 2 is 2.24 bits per heavy atom. The largest absolute Gasteiger partial charge is 0.492 e. The minimum atomic E-state index is 0.714. The molecule has 0 aliphatic carbocycles. The Balaban J connectivity index is 1.79. The summed E-state index contributed by atoms with van der Waals surface area (Å²) in [6, 6.07) is 7.08. The summed E-state index contributed by atoms with van der Waals surface area (Å²) in [5.41, 5.74) is 1.30. The first-order chi connectivity index (χ1) is 10.2. The molecule has 3 nitrogen and oxygen atoms in total. The van der Waals surface area contributed by atoms with E-state index in [0.29, 0.717) is 6.04 Å². The average molecular weight is 355 g/mol. The summed E-state index contributed by atoms with van der Waals surface area (Å²) in [6.07, 6.45) is 3.70. The van der Waals surface area contributed by atoms with E-state index in [2.05, 4.69) is 58.2 Å². The fourth-order valence-corrected chi connectivity index (χ4v) is 3.45. The van der Waals surface area contributed by atoms with Gasteiger partial charge in [0.15, 0.2) is 0 Å². The van der Waals surface area contributed by atoms with Crippen molar-refractivity contribution in [3.63, 3.8) is 0 Å². The number of hydrogen-bond donors (Lipinski definition) is 1. The van der Waals surface area contributed by atoms with E-state index in [4.69, 9.17) is 4.74 Å². The summed E-state index contributed by atoms with van der Waals surface area (Å²) in [5, 5.41) is 3.59. The van der Waals surface area contributed by atoms with Crippen LogP contribution in [-0.4, -0.2) is 37.2 Å². The molecule has 0 aromatic heterocycles. The van der Waals surface area contributed by atoms with Gasteiger partial charge in [-0.2, -0.15) is 0 Å². The summed E-state index contributed by atoms with van der Waals surface area (Å²) >= 11 is 3.60. The summed E-state index contributed by atoms with van der Waals surface area (Å²) in [6.45, 7) is 9.57. The van der Waals surface area contributed by atoms with E-state index in [1.54, 1.807) is 0 Å². The van der Waals surface area contributed by atoms with Gasteiger partial charge in [-0.25, -0.2) is 0 Å². The third kappa shape index (κ3) is 4.97. The number of benzene rings is 1. The zero-order valence-electron chi connectivity index (χ0n) is 13.2. The minimum Gasteiger partial charge on any atom is -0.492 e. The Morgan fingerprint density at radius 3 is 2.95 bits per heavy atom. The Hall–Kier alpha value is -0.580. The molecule has 1 aliphatic rings. The fourth-order valence-electron chi connectivity index (χ4n) is 2.91. The number of likely N-dealkylation sites (N-methyl/N-ethyl adjacent to an activating group) is 1. The molecule has 1 aromatic rings. The lowest BCUT2D eigenvalue weighted by Gasteiger charge is -2.23. The first-order valence-electron chi connectivity index (χ1n) is 8.10. The molecule has 4 heteroatoms. The van der Waals surface area contributed by atoms with Crippen molar-refractivity contribution in [2.24, 2.45) is 0 Å². The molecule has 1 heterocycles. The Morgan fingerprint density at radius 1 is 1.38 bits per heavy atom. The number of nitrogens with zero attached hydrogens (tertiary/aromatic N) is 1. The summed E-state index contributed by atoms with van der Waals surface area (Å²) in [5.74, 6) is 0.938. The second-order valence-electron chi connectivity index (χ2n) is 5.67. The number of hydrogen-bond acceptors (Lipinski definition) is 3. The molecular formula is C17H27BrN2O. The van der Waals surface area contributed by atoms with E-state index in [1.165, 1.54) is 31.5 Å². The van der Waals surface area contributed by atoms with Gasteiger partial charge in [0.2, 0.25) is 0 Å². The lowest BCUT2D eigenvalue weighted by Crippen LogP contribution is -2.37. The maximum absolute atomic E-state index is 5.68. The van der Waals surface area contributed by atoms with Crippen LogP contribution in [0.15, 0.2) is 22.7 Å². The van der Waals surface area contributed by atoms with E-state index in [9.17, 15) is 0 Å². The molecule has 1 saturated heterocycles. The van der Waals surface area contributed by atoms with Crippen LogP contribution in [0.5, 0.6) is 5.75 Å². The molecule has 1 atom stereocenters. The monoisotopic (exact) mass is 354 g/mol. The van der Waals surface area contributed by atoms with Crippen LogP contribution in [-0.2, 0) is 6.54 Å². The fraction of sp³-hybridized carbons (Fsp3) is 0.647. The van der Waals surface area contributed by atoms with Crippen LogP contribution in [0.25, 0.3) is 0 Å². The third-order valence-corrected chi connectivity index (χ3v) is 4.69. The van der Waals surface area contributed by atoms with Crippen LogP contribution in [0.3, 0.4) is 0 Å². The molecular weight excluding hydrogens is 328 g/mol. The van der Waals surface area contributed by atoms with Gasteiger partial charge < -0.3 is 10.1 Å². The highest BCUT2D eigenvalue weighted by Gasteiger charge is 2.21. The molecule has 21 heavy (non-hydrogen) atoms. The number of rotatable bonds is 8. The zero-order chi connectivity index (χ0) is 15.1. The number of halogens is 1. The first-order valence-corrected chi connectivity index (χ1v) is 8.89. The third-order valence-electron chi connectivity index (χ3n) is 4.07. The van der Waals surface area contributed by atoms with Gasteiger partial charge in [0.1, 0.15) is 5.75 Å². The predicted molar refractivity (Wildman–Crippen MR) is 91.9 cm³/mol. The number of ether oxygens (including phenoxy) is 1. The van der Waals surface area contributed by atoms with Gasteiger partial charge in [0.05, 0.1) is 11.1 Å². The number of nitrogens with one attached hydrogen (secondary N) is 1. The molecule has 0 amide bonds. The quantitative estimate of drug-likeness (QED) is 0.767. The smallest absolute Gasteiger partial charge is 0.133 e. The molecule has 0 radical (unpaired) electrons. The predicted octanol–water partition coefficient (Wildman–Crippen LogP) is 3.81. The molecule has 1 aliphatic heterocycles. The van der Waals surface area contributed by atoms with E-state index in [-0.39, 0.29) is 0 Å². The lowest BCUT2D eigenvalue weighted by atomic mass is 10.2. The van der Waals surface area contributed by atoms with Gasteiger partial charge >= 0.3 is 0 Å². The van der Waals surface area contributed by atoms with Gasteiger partial charge in [-0.3, -0.25) is 4.90 Å². The van der Waals surface area contributed by atoms with Crippen LogP contribution in [0, 0.1) is 0 Å². The van der Waals surface area contributed by atoms with Crippen molar-refractivity contribution in [3.8, 4) is 5.75 Å². The van der Waals surface area contributed by atoms with Crippen molar-refractivity contribution in [2.45, 2.75) is 45.7 Å². The molecule has 0 spiro atoms. The van der Waals surface area contributed by atoms with Crippen LogP contribution in [0.4, 0.5) is 0 Å². The standard InChI is InChI=1S/C17H27BrN2O/c1-3-10-21-17-8-7-14(11-16(17)18)12-19-13-15-6-5-9-20(15)4-2/h7-8,11,15,19H,3-6,9-10,12-13H2,1-2H3/t15-/m0/s1. The summed E-state index contributed by atoms with van der Waals surface area (Å²) in [4.78, 5) is 2.57. The zero-order valence-corrected chi connectivity index (χ0v) is 14.8. The highest BCUT2D eigenvalue weighted by atomic mass is 79.9. The molecule has 2 rings (SSSR count). The molecule has 0 unspecified atom stereocenters. The van der Waals surface area contributed by atoms with Crippen LogP contribution >= 0.6 is 15.9 Å². The maximum atomic E-state index is 5.68. The molecule has 0 bridgehead atoms. The molecule has 0 saturated carbocycles. The van der Waals surface area contributed by atoms with Gasteiger partial charge in [0.25, 0.3) is 0 Å². The molecule has 1 fully saturated rings. The van der Waals surface area contributed by atoms with Crippen LogP contribution in [0.1, 0.15) is 38.7 Å². The van der Waals surface area contributed by atoms with Crippen molar-refractivity contribution < 1.29 is 4.74 Å². The normalized spacial score (nSPS) is 19.1. The highest BCUT2D eigenvalue weighted by Crippen LogP contribution is 2.26.